The number of ether oxygens (including phenoxy) is 2. The molecule has 0 bridgehead atoms. The van der Waals surface area contributed by atoms with Crippen LogP contribution in [0, 0.1) is 5.82 Å². The Kier molecular flexibility index (Phi) is 6.86. The number of hydrogen-bond acceptors (Lipinski definition) is 5. The summed E-state index contributed by atoms with van der Waals surface area (Å²) < 4.78 is 40.0. The standard InChI is InChI=1S/C24H31F2N3O3/c1-23(2,3)32-22(30)29-20(12-25)21(31-24(29,4)5)16-9-7-15(8-10-16)17-11-18(26)19(14-27-6)28-13-17/h7-11,13,20-21,27H,12,14H2,1-6H3/t20-,21-/m1/s1. The average Bonchev–Trinajstić information content (AvgIpc) is 2.99. The lowest BCUT2D eigenvalue weighted by Crippen LogP contribution is -2.50. The molecule has 6 nitrogen and oxygen atoms in total. The van der Waals surface area contributed by atoms with E-state index in [9.17, 15) is 13.6 Å². The SMILES string of the molecule is CNCc1ncc(-c2ccc([C@H]3OC(C)(C)N(C(=O)OC(C)(C)C)[C@@H]3CF)cc2)cc1F. The maximum absolute atomic E-state index is 14.3. The van der Waals surface area contributed by atoms with Crippen LogP contribution in [0.25, 0.3) is 11.1 Å². The number of rotatable bonds is 5. The fourth-order valence-electron chi connectivity index (χ4n) is 3.87. The monoisotopic (exact) mass is 447 g/mol. The van der Waals surface area contributed by atoms with E-state index in [4.69, 9.17) is 9.47 Å². The molecule has 2 heterocycles. The van der Waals surface area contributed by atoms with E-state index >= 15 is 0 Å². The van der Waals surface area contributed by atoms with Gasteiger partial charge in [-0.25, -0.2) is 13.6 Å². The van der Waals surface area contributed by atoms with Gasteiger partial charge in [-0.2, -0.15) is 0 Å². The summed E-state index contributed by atoms with van der Waals surface area (Å²) in [6.45, 7) is 8.29. The average molecular weight is 448 g/mol. The van der Waals surface area contributed by atoms with Gasteiger partial charge in [0.15, 0.2) is 0 Å². The van der Waals surface area contributed by atoms with E-state index in [1.54, 1.807) is 60.0 Å². The Bertz CT molecular complexity index is 958. The topological polar surface area (TPSA) is 63.7 Å². The number of aromatic nitrogens is 1. The van der Waals surface area contributed by atoms with Gasteiger partial charge in [0.2, 0.25) is 0 Å². The fraction of sp³-hybridized carbons (Fsp3) is 0.500. The van der Waals surface area contributed by atoms with Crippen molar-refractivity contribution in [2.75, 3.05) is 13.7 Å². The highest BCUT2D eigenvalue weighted by molar-refractivity contribution is 5.70. The van der Waals surface area contributed by atoms with E-state index in [1.807, 2.05) is 12.1 Å². The van der Waals surface area contributed by atoms with Gasteiger partial charge in [-0.05, 0) is 58.9 Å². The molecule has 2 aromatic rings. The second-order valence-corrected chi connectivity index (χ2v) is 9.36. The van der Waals surface area contributed by atoms with Crippen LogP contribution in [0.3, 0.4) is 0 Å². The van der Waals surface area contributed by atoms with E-state index in [0.29, 0.717) is 17.8 Å². The highest BCUT2D eigenvalue weighted by Crippen LogP contribution is 2.42. The summed E-state index contributed by atoms with van der Waals surface area (Å²) in [4.78, 5) is 18.3. The molecule has 174 valence electrons. The molecule has 1 aromatic carbocycles. The van der Waals surface area contributed by atoms with Gasteiger partial charge in [-0.1, -0.05) is 24.3 Å². The van der Waals surface area contributed by atoms with Crippen molar-refractivity contribution in [3.63, 3.8) is 0 Å². The van der Waals surface area contributed by atoms with Crippen LogP contribution in [0.4, 0.5) is 13.6 Å². The summed E-state index contributed by atoms with van der Waals surface area (Å²) in [5, 5.41) is 2.88. The zero-order valence-electron chi connectivity index (χ0n) is 19.4. The molecular weight excluding hydrogens is 416 g/mol. The molecule has 1 aromatic heterocycles. The maximum atomic E-state index is 14.3. The van der Waals surface area contributed by atoms with E-state index in [1.165, 1.54) is 11.0 Å². The third kappa shape index (κ3) is 5.07. The van der Waals surface area contributed by atoms with Gasteiger partial charge in [0.05, 0.1) is 11.7 Å². The number of hydrogen-bond donors (Lipinski definition) is 1. The number of benzene rings is 1. The Morgan fingerprint density at radius 3 is 2.44 bits per heavy atom. The van der Waals surface area contributed by atoms with E-state index in [2.05, 4.69) is 10.3 Å². The van der Waals surface area contributed by atoms with Crippen LogP contribution in [-0.4, -0.2) is 47.1 Å². The Balaban J connectivity index is 1.85. The fourth-order valence-corrected chi connectivity index (χ4v) is 3.87. The number of carbonyl (C=O) groups excluding carboxylic acids is 1. The lowest BCUT2D eigenvalue weighted by Gasteiger charge is -2.34. The van der Waals surface area contributed by atoms with Crippen molar-refractivity contribution in [2.24, 2.45) is 0 Å². The van der Waals surface area contributed by atoms with Crippen molar-refractivity contribution in [3.05, 3.63) is 53.6 Å². The van der Waals surface area contributed by atoms with Gasteiger partial charge in [-0.15, -0.1) is 0 Å². The zero-order valence-corrected chi connectivity index (χ0v) is 19.4. The number of halogens is 2. The second kappa shape index (κ2) is 9.11. The summed E-state index contributed by atoms with van der Waals surface area (Å²) in [6.07, 6.45) is 0.339. The predicted molar refractivity (Wildman–Crippen MR) is 118 cm³/mol. The van der Waals surface area contributed by atoms with Crippen LogP contribution in [-0.2, 0) is 16.0 Å². The lowest BCUT2D eigenvalue weighted by atomic mass is 9.99. The van der Waals surface area contributed by atoms with Gasteiger partial charge in [0.25, 0.3) is 0 Å². The van der Waals surface area contributed by atoms with Gasteiger partial charge < -0.3 is 14.8 Å². The number of alkyl halides is 1. The second-order valence-electron chi connectivity index (χ2n) is 9.36. The molecule has 0 unspecified atom stereocenters. The zero-order chi connectivity index (χ0) is 23.7. The molecule has 0 radical (unpaired) electrons. The first-order valence-electron chi connectivity index (χ1n) is 10.6. The van der Waals surface area contributed by atoms with Crippen LogP contribution < -0.4 is 5.32 Å². The summed E-state index contributed by atoms with van der Waals surface area (Å²) in [7, 11) is 1.73. The van der Waals surface area contributed by atoms with E-state index < -0.39 is 36.2 Å². The molecule has 1 fully saturated rings. The minimum atomic E-state index is -1.04. The molecule has 32 heavy (non-hydrogen) atoms. The van der Waals surface area contributed by atoms with Gasteiger partial charge >= 0.3 is 6.09 Å². The maximum Gasteiger partial charge on any atom is 0.413 e. The number of amides is 1. The first-order valence-corrected chi connectivity index (χ1v) is 10.6. The molecular formula is C24H31F2N3O3. The summed E-state index contributed by atoms with van der Waals surface area (Å²) in [5.74, 6) is -0.382. The van der Waals surface area contributed by atoms with Crippen LogP contribution >= 0.6 is 0 Å². The first kappa shape index (κ1) is 24.1. The minimum Gasteiger partial charge on any atom is -0.444 e. The molecule has 1 aliphatic heterocycles. The Hall–Kier alpha value is -2.58. The van der Waals surface area contributed by atoms with Gasteiger partial charge in [-0.3, -0.25) is 9.88 Å². The molecule has 0 saturated carbocycles. The Morgan fingerprint density at radius 2 is 1.91 bits per heavy atom. The molecule has 3 rings (SSSR count). The number of pyridine rings is 1. The molecule has 0 spiro atoms. The lowest BCUT2D eigenvalue weighted by molar-refractivity contribution is -0.0797. The first-order chi connectivity index (χ1) is 15.0. The largest absolute Gasteiger partial charge is 0.444 e. The molecule has 1 aliphatic rings. The highest BCUT2D eigenvalue weighted by atomic mass is 19.1. The van der Waals surface area contributed by atoms with Gasteiger partial charge in [0.1, 0.15) is 29.9 Å². The number of carbonyl (C=O) groups is 1. The predicted octanol–water partition coefficient (Wildman–Crippen LogP) is 4.99. The van der Waals surface area contributed by atoms with Crippen molar-refractivity contribution in [1.29, 1.82) is 0 Å². The van der Waals surface area contributed by atoms with Crippen molar-refractivity contribution >= 4 is 6.09 Å². The van der Waals surface area contributed by atoms with Crippen LogP contribution in [0.15, 0.2) is 36.5 Å². The molecule has 0 aliphatic carbocycles. The number of nitrogens with zero attached hydrogens (tertiary/aromatic N) is 2. The third-order valence-electron chi connectivity index (χ3n) is 5.26. The van der Waals surface area contributed by atoms with Crippen molar-refractivity contribution in [3.8, 4) is 11.1 Å². The Labute approximate surface area is 187 Å². The number of nitrogens with one attached hydrogen (secondary N) is 1. The molecule has 2 atom stereocenters. The minimum absolute atomic E-state index is 0.346. The van der Waals surface area contributed by atoms with Crippen molar-refractivity contribution in [1.82, 2.24) is 15.2 Å². The molecule has 8 heteroatoms. The van der Waals surface area contributed by atoms with Crippen LogP contribution in [0.1, 0.15) is 52.0 Å². The Morgan fingerprint density at radius 1 is 1.25 bits per heavy atom. The summed E-state index contributed by atoms with van der Waals surface area (Å²) in [6, 6.07) is 7.84. The molecule has 1 amide bonds. The van der Waals surface area contributed by atoms with E-state index in [0.717, 1.165) is 11.1 Å². The van der Waals surface area contributed by atoms with Crippen molar-refractivity contribution < 1.29 is 23.0 Å². The highest BCUT2D eigenvalue weighted by Gasteiger charge is 2.51. The third-order valence-corrected chi connectivity index (χ3v) is 5.26. The quantitative estimate of drug-likeness (QED) is 0.700. The molecule has 1 saturated heterocycles. The smallest absolute Gasteiger partial charge is 0.413 e. The molecule has 1 N–H and O–H groups in total. The summed E-state index contributed by atoms with van der Waals surface area (Å²) >= 11 is 0. The van der Waals surface area contributed by atoms with Crippen LogP contribution in [0.5, 0.6) is 0 Å². The summed E-state index contributed by atoms with van der Waals surface area (Å²) in [5.41, 5.74) is 0.727. The van der Waals surface area contributed by atoms with E-state index in [-0.39, 0.29) is 5.82 Å². The van der Waals surface area contributed by atoms with Gasteiger partial charge in [0, 0.05) is 18.3 Å². The van der Waals surface area contributed by atoms with Crippen molar-refractivity contribution in [2.45, 2.75) is 64.6 Å². The normalized spacial score (nSPS) is 20.4. The van der Waals surface area contributed by atoms with Crippen LogP contribution in [0.2, 0.25) is 0 Å².